The van der Waals surface area contributed by atoms with Crippen LogP contribution in [0.1, 0.15) is 32.0 Å². The maximum absolute atomic E-state index is 12.9. The Kier molecular flexibility index (Phi) is 6.18. The minimum Gasteiger partial charge on any atom is -0.497 e. The Morgan fingerprint density at radius 3 is 2.58 bits per heavy atom. The summed E-state index contributed by atoms with van der Waals surface area (Å²) < 4.78 is 10.5. The maximum atomic E-state index is 12.9. The number of amides is 3. The van der Waals surface area contributed by atoms with Crippen LogP contribution in [-0.2, 0) is 17.9 Å². The zero-order valence-corrected chi connectivity index (χ0v) is 19.3. The molecule has 4 aromatic rings. The van der Waals surface area contributed by atoms with Gasteiger partial charge < -0.3 is 30.4 Å². The van der Waals surface area contributed by atoms with Crippen molar-refractivity contribution >= 4 is 34.4 Å². The Balaban J connectivity index is 1.27. The lowest BCUT2D eigenvalue weighted by Crippen LogP contribution is -2.26. The van der Waals surface area contributed by atoms with Crippen LogP contribution in [0, 0.1) is 0 Å². The molecule has 2 aromatic carbocycles. The van der Waals surface area contributed by atoms with Crippen molar-refractivity contribution in [2.75, 3.05) is 19.0 Å². The van der Waals surface area contributed by atoms with E-state index in [0.717, 1.165) is 16.9 Å². The molecule has 182 valence electrons. The molecule has 0 fully saturated rings. The molecule has 0 bridgehead atoms. The lowest BCUT2D eigenvalue weighted by atomic mass is 10.1. The molecule has 11 heteroatoms. The number of aromatic amines is 1. The van der Waals surface area contributed by atoms with E-state index in [0.29, 0.717) is 34.6 Å². The topological polar surface area (TPSA) is 147 Å². The fourth-order valence-electron chi connectivity index (χ4n) is 3.81. The highest BCUT2D eigenvalue weighted by Crippen LogP contribution is 2.28. The Labute approximate surface area is 205 Å². The van der Waals surface area contributed by atoms with Crippen LogP contribution in [0.4, 0.5) is 5.69 Å². The molecule has 3 heterocycles. The second-order valence-corrected chi connectivity index (χ2v) is 8.03. The molecule has 4 N–H and O–H groups in total. The first-order valence-electron chi connectivity index (χ1n) is 11.1. The standard InChI is InChI=1S/C25H22N6O5/c1-35-16-5-2-14(3-6-16)9-27-24(33)17-11-26-22-21(17)29-13-30-23(22)25(34)28-10-15-4-7-19-18(8-15)31-20(32)12-36-19/h2-8,11,13,26H,9-10,12H2,1H3,(H,27,33)(H,28,34)(H,31,32). The second-order valence-electron chi connectivity index (χ2n) is 8.03. The first-order valence-corrected chi connectivity index (χ1v) is 11.1. The van der Waals surface area contributed by atoms with Crippen molar-refractivity contribution in [3.63, 3.8) is 0 Å². The number of methoxy groups -OCH3 is 1. The number of anilines is 1. The lowest BCUT2D eigenvalue weighted by Gasteiger charge is -2.18. The van der Waals surface area contributed by atoms with E-state index >= 15 is 0 Å². The van der Waals surface area contributed by atoms with E-state index in [1.54, 1.807) is 25.3 Å². The summed E-state index contributed by atoms with van der Waals surface area (Å²) in [4.78, 5) is 48.5. The average molecular weight is 486 g/mol. The summed E-state index contributed by atoms with van der Waals surface area (Å²) in [5.41, 5.74) is 3.35. The number of fused-ring (bicyclic) bond motifs is 2. The average Bonchev–Trinajstić information content (AvgIpc) is 3.35. The van der Waals surface area contributed by atoms with Gasteiger partial charge in [-0.15, -0.1) is 0 Å². The molecular formula is C25H22N6O5. The monoisotopic (exact) mass is 486 g/mol. The molecule has 36 heavy (non-hydrogen) atoms. The number of hydrogen-bond donors (Lipinski definition) is 4. The molecule has 1 aliphatic rings. The molecule has 1 aliphatic heterocycles. The van der Waals surface area contributed by atoms with Gasteiger partial charge in [-0.1, -0.05) is 18.2 Å². The molecule has 0 saturated carbocycles. The Bertz CT molecular complexity index is 1460. The summed E-state index contributed by atoms with van der Waals surface area (Å²) >= 11 is 0. The number of nitrogens with zero attached hydrogens (tertiary/aromatic N) is 2. The van der Waals surface area contributed by atoms with Crippen LogP contribution >= 0.6 is 0 Å². The van der Waals surface area contributed by atoms with E-state index in [2.05, 4.69) is 30.9 Å². The zero-order valence-electron chi connectivity index (χ0n) is 19.3. The predicted octanol–water partition coefficient (Wildman–Crippen LogP) is 2.16. The van der Waals surface area contributed by atoms with Crippen LogP contribution in [0.5, 0.6) is 11.5 Å². The number of benzene rings is 2. The molecule has 3 amide bonds. The van der Waals surface area contributed by atoms with E-state index in [1.165, 1.54) is 12.5 Å². The van der Waals surface area contributed by atoms with E-state index in [4.69, 9.17) is 9.47 Å². The fraction of sp³-hybridized carbons (Fsp3) is 0.160. The summed E-state index contributed by atoms with van der Waals surface area (Å²) in [5.74, 6) is 0.304. The number of H-pyrrole nitrogens is 1. The number of carbonyl (C=O) groups is 3. The van der Waals surface area contributed by atoms with Gasteiger partial charge in [0, 0.05) is 19.3 Å². The van der Waals surface area contributed by atoms with E-state index < -0.39 is 5.91 Å². The normalized spacial score (nSPS) is 12.3. The van der Waals surface area contributed by atoms with Gasteiger partial charge in [-0.3, -0.25) is 14.4 Å². The van der Waals surface area contributed by atoms with Crippen LogP contribution in [0.15, 0.2) is 55.0 Å². The quantitative estimate of drug-likeness (QED) is 0.313. The van der Waals surface area contributed by atoms with Gasteiger partial charge in [0.25, 0.3) is 17.7 Å². The van der Waals surface area contributed by atoms with Crippen LogP contribution in [-0.4, -0.2) is 46.4 Å². The van der Waals surface area contributed by atoms with E-state index in [1.807, 2.05) is 24.3 Å². The maximum Gasteiger partial charge on any atom is 0.272 e. The molecule has 0 aliphatic carbocycles. The van der Waals surface area contributed by atoms with Crippen molar-refractivity contribution in [3.8, 4) is 11.5 Å². The Morgan fingerprint density at radius 1 is 1.03 bits per heavy atom. The third-order valence-corrected chi connectivity index (χ3v) is 5.66. The first-order chi connectivity index (χ1) is 17.5. The van der Waals surface area contributed by atoms with Gasteiger partial charge in [0.2, 0.25) is 0 Å². The third kappa shape index (κ3) is 4.67. The van der Waals surface area contributed by atoms with E-state index in [-0.39, 0.29) is 30.7 Å². The highest BCUT2D eigenvalue weighted by Gasteiger charge is 2.20. The van der Waals surface area contributed by atoms with Gasteiger partial charge in [0.15, 0.2) is 12.3 Å². The number of carbonyl (C=O) groups excluding carboxylic acids is 3. The van der Waals surface area contributed by atoms with E-state index in [9.17, 15) is 14.4 Å². The molecule has 0 radical (unpaired) electrons. The number of nitrogens with one attached hydrogen (secondary N) is 4. The SMILES string of the molecule is COc1ccc(CNC(=O)c2c[nH]c3c(C(=O)NCc4ccc5c(c4)NC(=O)CO5)ncnc23)cc1. The van der Waals surface area contributed by atoms with Crippen molar-refractivity contribution < 1.29 is 23.9 Å². The van der Waals surface area contributed by atoms with Crippen LogP contribution < -0.4 is 25.4 Å². The summed E-state index contributed by atoms with van der Waals surface area (Å²) in [6, 6.07) is 12.6. The highest BCUT2D eigenvalue weighted by molar-refractivity contribution is 6.10. The Hall–Kier alpha value is -4.93. The summed E-state index contributed by atoms with van der Waals surface area (Å²) in [7, 11) is 1.59. The molecule has 0 spiro atoms. The molecular weight excluding hydrogens is 464 g/mol. The van der Waals surface area contributed by atoms with Gasteiger partial charge in [-0.2, -0.15) is 0 Å². The molecule has 2 aromatic heterocycles. The van der Waals surface area contributed by atoms with Crippen LogP contribution in [0.2, 0.25) is 0 Å². The smallest absolute Gasteiger partial charge is 0.272 e. The number of rotatable bonds is 7. The van der Waals surface area contributed by atoms with Gasteiger partial charge in [0.05, 0.1) is 23.9 Å². The summed E-state index contributed by atoms with van der Waals surface area (Å²) in [6.07, 6.45) is 2.75. The van der Waals surface area contributed by atoms with Gasteiger partial charge in [0.1, 0.15) is 23.3 Å². The number of ether oxygens (including phenoxy) is 2. The molecule has 0 saturated heterocycles. The number of hydrogen-bond acceptors (Lipinski definition) is 7. The van der Waals surface area contributed by atoms with Gasteiger partial charge >= 0.3 is 0 Å². The van der Waals surface area contributed by atoms with Crippen LogP contribution in [0.3, 0.4) is 0 Å². The van der Waals surface area contributed by atoms with Gasteiger partial charge in [-0.05, 0) is 35.4 Å². The van der Waals surface area contributed by atoms with Gasteiger partial charge in [-0.25, -0.2) is 9.97 Å². The fourth-order valence-corrected chi connectivity index (χ4v) is 3.81. The molecule has 0 unspecified atom stereocenters. The van der Waals surface area contributed by atoms with Crippen molar-refractivity contribution in [2.24, 2.45) is 0 Å². The molecule has 5 rings (SSSR count). The lowest BCUT2D eigenvalue weighted by molar-refractivity contribution is -0.118. The predicted molar refractivity (Wildman–Crippen MR) is 130 cm³/mol. The van der Waals surface area contributed by atoms with Crippen LogP contribution in [0.25, 0.3) is 11.0 Å². The summed E-state index contributed by atoms with van der Waals surface area (Å²) in [5, 5.41) is 8.40. The van der Waals surface area contributed by atoms with Crippen molar-refractivity contribution in [2.45, 2.75) is 13.1 Å². The molecule has 11 nitrogen and oxygen atoms in total. The Morgan fingerprint density at radius 2 is 1.78 bits per heavy atom. The second kappa shape index (κ2) is 9.74. The largest absolute Gasteiger partial charge is 0.497 e. The molecule has 0 atom stereocenters. The third-order valence-electron chi connectivity index (χ3n) is 5.66. The van der Waals surface area contributed by atoms with Crippen molar-refractivity contribution in [1.29, 1.82) is 0 Å². The first kappa shape index (κ1) is 22.8. The number of aromatic nitrogens is 3. The highest BCUT2D eigenvalue weighted by atomic mass is 16.5. The minimum atomic E-state index is -0.438. The van der Waals surface area contributed by atoms with Crippen molar-refractivity contribution in [1.82, 2.24) is 25.6 Å². The summed E-state index contributed by atoms with van der Waals surface area (Å²) in [6.45, 7) is 0.494. The van der Waals surface area contributed by atoms with Crippen molar-refractivity contribution in [3.05, 3.63) is 77.4 Å². The minimum absolute atomic E-state index is 0.0234. The zero-order chi connectivity index (χ0) is 25.1.